The number of hydrogen-bond acceptors (Lipinski definition) is 3. The number of H-pyrrole nitrogens is 3. The Morgan fingerprint density at radius 3 is 2.48 bits per heavy atom. The Labute approximate surface area is 153 Å². The third-order valence-electron chi connectivity index (χ3n) is 4.92. The van der Waals surface area contributed by atoms with E-state index in [9.17, 15) is 0 Å². The highest BCUT2D eigenvalue weighted by molar-refractivity contribution is 5.89. The lowest BCUT2D eigenvalue weighted by atomic mass is 10.1. The summed E-state index contributed by atoms with van der Waals surface area (Å²) in [7, 11) is 0. The lowest BCUT2D eigenvalue weighted by molar-refractivity contribution is 0.959. The summed E-state index contributed by atoms with van der Waals surface area (Å²) in [6, 6.07) is 22.7. The van der Waals surface area contributed by atoms with E-state index in [0.29, 0.717) is 0 Å². The topological polar surface area (TPSA) is 86.0 Å². The van der Waals surface area contributed by atoms with Gasteiger partial charge in [-0.1, -0.05) is 29.5 Å². The smallest absolute Gasteiger partial charge is 0.138 e. The first kappa shape index (κ1) is 14.3. The maximum Gasteiger partial charge on any atom is 0.138 e. The number of fused-ring (bicyclic) bond motifs is 3. The van der Waals surface area contributed by atoms with Crippen molar-refractivity contribution in [3.05, 3.63) is 66.7 Å². The Kier molecular flexibility index (Phi) is 2.79. The van der Waals surface area contributed by atoms with Gasteiger partial charge in [-0.05, 0) is 42.5 Å². The van der Waals surface area contributed by atoms with Gasteiger partial charge in [0.25, 0.3) is 0 Å². The highest BCUT2D eigenvalue weighted by Gasteiger charge is 2.10. The first-order chi connectivity index (χ1) is 13.3. The molecule has 0 atom stereocenters. The average molecular weight is 350 g/mol. The average Bonchev–Trinajstić information content (AvgIpc) is 3.42. The fourth-order valence-electron chi connectivity index (χ4n) is 3.53. The van der Waals surface area contributed by atoms with Gasteiger partial charge < -0.3 is 9.97 Å². The maximum atomic E-state index is 4.79. The van der Waals surface area contributed by atoms with E-state index in [0.717, 1.165) is 50.2 Å². The molecular formula is C21H14N6. The quantitative estimate of drug-likeness (QED) is 0.425. The molecule has 3 aromatic heterocycles. The molecule has 0 radical (unpaired) electrons. The Balaban J connectivity index is 1.46. The molecule has 6 rings (SSSR count). The molecule has 6 heteroatoms. The van der Waals surface area contributed by atoms with Crippen LogP contribution < -0.4 is 0 Å². The molecule has 3 aromatic carbocycles. The van der Waals surface area contributed by atoms with Gasteiger partial charge in [-0.25, -0.2) is 4.98 Å². The number of benzene rings is 3. The molecule has 6 aromatic rings. The van der Waals surface area contributed by atoms with Crippen LogP contribution in [0.4, 0.5) is 0 Å². The molecule has 0 aliphatic heterocycles. The van der Waals surface area contributed by atoms with Gasteiger partial charge >= 0.3 is 0 Å². The molecule has 0 saturated heterocycles. The summed E-state index contributed by atoms with van der Waals surface area (Å²) in [5.41, 5.74) is 8.00. The van der Waals surface area contributed by atoms with Gasteiger partial charge in [0.15, 0.2) is 0 Å². The van der Waals surface area contributed by atoms with Crippen LogP contribution in [0.3, 0.4) is 0 Å². The molecule has 0 spiro atoms. The van der Waals surface area contributed by atoms with Crippen LogP contribution in [0, 0.1) is 0 Å². The highest BCUT2D eigenvalue weighted by Crippen LogP contribution is 2.28. The molecular weight excluding hydrogens is 336 g/mol. The first-order valence-corrected chi connectivity index (χ1v) is 8.73. The van der Waals surface area contributed by atoms with Crippen molar-refractivity contribution in [2.24, 2.45) is 0 Å². The molecule has 27 heavy (non-hydrogen) atoms. The molecule has 0 bridgehead atoms. The highest BCUT2D eigenvalue weighted by atomic mass is 15.3. The minimum Gasteiger partial charge on any atom is -0.355 e. The van der Waals surface area contributed by atoms with E-state index in [1.807, 2.05) is 24.3 Å². The Bertz CT molecular complexity index is 1400. The Morgan fingerprint density at radius 2 is 1.52 bits per heavy atom. The number of nitrogens with zero attached hydrogens (tertiary/aromatic N) is 3. The van der Waals surface area contributed by atoms with Crippen LogP contribution in [-0.2, 0) is 0 Å². The molecule has 0 amide bonds. The summed E-state index contributed by atoms with van der Waals surface area (Å²) in [5, 5.41) is 12.0. The predicted molar refractivity (Wildman–Crippen MR) is 106 cm³/mol. The zero-order chi connectivity index (χ0) is 17.8. The van der Waals surface area contributed by atoms with Crippen LogP contribution in [-0.4, -0.2) is 30.4 Å². The molecule has 6 nitrogen and oxygen atoms in total. The number of para-hydroxylation sites is 1. The van der Waals surface area contributed by atoms with E-state index in [1.165, 1.54) is 5.39 Å². The Hall–Kier alpha value is -3.93. The normalized spacial score (nSPS) is 11.7. The zero-order valence-electron chi connectivity index (χ0n) is 14.2. The predicted octanol–water partition coefficient (Wildman–Crippen LogP) is 4.65. The van der Waals surface area contributed by atoms with Crippen molar-refractivity contribution < 1.29 is 0 Å². The molecule has 0 aliphatic carbocycles. The SMILES string of the molecule is c1ccc2[nH]c(-c3ccc4[nH]c(-c5ccc6[nH]nnc6c5)nc4c3)cc2c1. The summed E-state index contributed by atoms with van der Waals surface area (Å²) >= 11 is 0. The molecule has 0 unspecified atom stereocenters. The minimum atomic E-state index is 0.823. The van der Waals surface area contributed by atoms with E-state index in [4.69, 9.17) is 4.98 Å². The molecule has 0 aliphatic rings. The molecule has 3 heterocycles. The van der Waals surface area contributed by atoms with Gasteiger partial charge in [-0.15, -0.1) is 5.10 Å². The molecule has 128 valence electrons. The third-order valence-corrected chi connectivity index (χ3v) is 4.92. The van der Waals surface area contributed by atoms with Crippen molar-refractivity contribution >= 4 is 33.0 Å². The largest absolute Gasteiger partial charge is 0.355 e. The van der Waals surface area contributed by atoms with E-state index >= 15 is 0 Å². The van der Waals surface area contributed by atoms with Crippen molar-refractivity contribution in [2.45, 2.75) is 0 Å². The van der Waals surface area contributed by atoms with Gasteiger partial charge in [-0.3, -0.25) is 5.10 Å². The summed E-state index contributed by atoms with van der Waals surface area (Å²) in [4.78, 5) is 11.7. The summed E-state index contributed by atoms with van der Waals surface area (Å²) in [6.07, 6.45) is 0. The fourth-order valence-corrected chi connectivity index (χ4v) is 3.53. The standard InChI is InChI=1S/C21H14N6/c1-2-4-15-12(3-1)9-18(22-15)13-5-7-16-19(10-13)24-21(23-16)14-6-8-17-20(11-14)26-27-25-17/h1-11,22H,(H,23,24)(H,25,26,27). The van der Waals surface area contributed by atoms with Crippen molar-refractivity contribution in [2.75, 3.05) is 0 Å². The number of hydrogen-bond donors (Lipinski definition) is 3. The van der Waals surface area contributed by atoms with E-state index in [1.54, 1.807) is 0 Å². The Morgan fingerprint density at radius 1 is 0.667 bits per heavy atom. The van der Waals surface area contributed by atoms with Crippen LogP contribution in [0.2, 0.25) is 0 Å². The molecule has 3 N–H and O–H groups in total. The summed E-state index contributed by atoms with van der Waals surface area (Å²) < 4.78 is 0. The van der Waals surface area contributed by atoms with Crippen molar-refractivity contribution in [3.63, 3.8) is 0 Å². The van der Waals surface area contributed by atoms with Crippen molar-refractivity contribution in [3.8, 4) is 22.6 Å². The van der Waals surface area contributed by atoms with Crippen molar-refractivity contribution in [1.82, 2.24) is 30.4 Å². The van der Waals surface area contributed by atoms with E-state index < -0.39 is 0 Å². The molecule has 0 fully saturated rings. The monoisotopic (exact) mass is 350 g/mol. The summed E-state index contributed by atoms with van der Waals surface area (Å²) in [5.74, 6) is 0.823. The number of nitrogens with one attached hydrogen (secondary N) is 3. The number of rotatable bonds is 2. The van der Waals surface area contributed by atoms with Crippen LogP contribution in [0.1, 0.15) is 0 Å². The fraction of sp³-hybridized carbons (Fsp3) is 0. The maximum absolute atomic E-state index is 4.79. The second-order valence-corrected chi connectivity index (χ2v) is 6.63. The van der Waals surface area contributed by atoms with Crippen molar-refractivity contribution in [1.29, 1.82) is 0 Å². The number of aromatic nitrogens is 6. The lowest BCUT2D eigenvalue weighted by Gasteiger charge is -1.97. The van der Waals surface area contributed by atoms with Gasteiger partial charge in [0.2, 0.25) is 0 Å². The molecule has 0 saturated carbocycles. The van der Waals surface area contributed by atoms with Crippen LogP contribution in [0.25, 0.3) is 55.6 Å². The van der Waals surface area contributed by atoms with Crippen LogP contribution in [0.5, 0.6) is 0 Å². The van der Waals surface area contributed by atoms with Crippen LogP contribution >= 0.6 is 0 Å². The van der Waals surface area contributed by atoms with Gasteiger partial charge in [0.1, 0.15) is 11.3 Å². The third kappa shape index (κ3) is 2.23. The number of imidazole rings is 1. The van der Waals surface area contributed by atoms with Gasteiger partial charge in [0.05, 0.1) is 16.6 Å². The zero-order valence-corrected chi connectivity index (χ0v) is 14.2. The van der Waals surface area contributed by atoms with E-state index in [-0.39, 0.29) is 0 Å². The number of aromatic amines is 3. The van der Waals surface area contributed by atoms with Crippen LogP contribution in [0.15, 0.2) is 66.7 Å². The van der Waals surface area contributed by atoms with E-state index in [2.05, 4.69) is 67.8 Å². The van der Waals surface area contributed by atoms with Gasteiger partial charge in [0, 0.05) is 27.7 Å². The second-order valence-electron chi connectivity index (χ2n) is 6.63. The summed E-state index contributed by atoms with van der Waals surface area (Å²) in [6.45, 7) is 0. The minimum absolute atomic E-state index is 0.823. The first-order valence-electron chi connectivity index (χ1n) is 8.73. The lowest BCUT2D eigenvalue weighted by Crippen LogP contribution is -1.80. The second kappa shape index (κ2) is 5.28. The van der Waals surface area contributed by atoms with Gasteiger partial charge in [-0.2, -0.15) is 0 Å².